The van der Waals surface area contributed by atoms with Crippen molar-refractivity contribution in [3.63, 3.8) is 0 Å². The van der Waals surface area contributed by atoms with Gasteiger partial charge < -0.3 is 10.3 Å². The van der Waals surface area contributed by atoms with Gasteiger partial charge in [-0.3, -0.25) is 0 Å². The van der Waals surface area contributed by atoms with E-state index >= 15 is 0 Å². The molecular formula is C18H19FN4. The summed E-state index contributed by atoms with van der Waals surface area (Å²) >= 11 is 0. The molecule has 0 saturated carbocycles. The Bertz CT molecular complexity index is 869. The molecule has 118 valence electrons. The topological polar surface area (TPSA) is 53.6 Å². The van der Waals surface area contributed by atoms with Crippen molar-refractivity contribution in [1.82, 2.24) is 15.0 Å². The van der Waals surface area contributed by atoms with E-state index in [0.717, 1.165) is 41.1 Å². The van der Waals surface area contributed by atoms with Crippen LogP contribution < -0.4 is 5.32 Å². The Kier molecular flexibility index (Phi) is 3.48. The molecule has 1 aliphatic carbocycles. The monoisotopic (exact) mass is 310 g/mol. The summed E-state index contributed by atoms with van der Waals surface area (Å²) in [5, 5.41) is 4.32. The van der Waals surface area contributed by atoms with Crippen LogP contribution in [-0.4, -0.2) is 15.0 Å². The molecule has 4 rings (SSSR count). The van der Waals surface area contributed by atoms with Crippen LogP contribution in [0.5, 0.6) is 0 Å². The van der Waals surface area contributed by atoms with E-state index in [0.29, 0.717) is 6.54 Å². The Morgan fingerprint density at radius 2 is 2.04 bits per heavy atom. The molecule has 1 aliphatic rings. The van der Waals surface area contributed by atoms with Crippen LogP contribution in [0.3, 0.4) is 0 Å². The Morgan fingerprint density at radius 3 is 2.96 bits per heavy atom. The fourth-order valence-electron chi connectivity index (χ4n) is 3.30. The molecule has 2 heterocycles. The van der Waals surface area contributed by atoms with Crippen LogP contribution in [0.4, 0.5) is 10.2 Å². The number of aromatic nitrogens is 3. The summed E-state index contributed by atoms with van der Waals surface area (Å²) in [4.78, 5) is 12.5. The van der Waals surface area contributed by atoms with Crippen molar-refractivity contribution in [2.45, 2.75) is 39.2 Å². The van der Waals surface area contributed by atoms with Gasteiger partial charge in [-0.2, -0.15) is 0 Å². The number of fused-ring (bicyclic) bond motifs is 2. The van der Waals surface area contributed by atoms with Crippen molar-refractivity contribution in [2.75, 3.05) is 5.32 Å². The van der Waals surface area contributed by atoms with Crippen LogP contribution in [0.1, 0.15) is 35.6 Å². The molecule has 0 bridgehead atoms. The molecule has 4 nitrogen and oxygen atoms in total. The number of nitrogens with zero attached hydrogens (tertiary/aromatic N) is 2. The van der Waals surface area contributed by atoms with Gasteiger partial charge in [0.2, 0.25) is 0 Å². The highest BCUT2D eigenvalue weighted by molar-refractivity contribution is 5.80. The van der Waals surface area contributed by atoms with E-state index in [9.17, 15) is 4.39 Å². The first-order chi connectivity index (χ1) is 11.2. The lowest BCUT2D eigenvalue weighted by molar-refractivity contribution is 0.630. The van der Waals surface area contributed by atoms with Gasteiger partial charge in [0, 0.05) is 27.9 Å². The van der Waals surface area contributed by atoms with Gasteiger partial charge in [0.1, 0.15) is 17.5 Å². The van der Waals surface area contributed by atoms with Crippen molar-refractivity contribution in [3.05, 3.63) is 52.9 Å². The molecule has 2 N–H and O–H groups in total. The maximum atomic E-state index is 13.3. The molecule has 5 heteroatoms. The van der Waals surface area contributed by atoms with Gasteiger partial charge in [-0.15, -0.1) is 0 Å². The molecule has 23 heavy (non-hydrogen) atoms. The van der Waals surface area contributed by atoms with Crippen molar-refractivity contribution in [2.24, 2.45) is 0 Å². The number of rotatable bonds is 3. The Morgan fingerprint density at radius 1 is 1.17 bits per heavy atom. The first-order valence-corrected chi connectivity index (χ1v) is 8.06. The Labute approximate surface area is 134 Å². The molecule has 0 unspecified atom stereocenters. The third kappa shape index (κ3) is 2.79. The predicted molar refractivity (Wildman–Crippen MR) is 89.0 cm³/mol. The fraction of sp³-hybridized carbons (Fsp3) is 0.333. The van der Waals surface area contributed by atoms with Gasteiger partial charge in [-0.25, -0.2) is 14.4 Å². The van der Waals surface area contributed by atoms with Crippen LogP contribution in [0.2, 0.25) is 0 Å². The molecule has 0 saturated heterocycles. The number of aryl methyl sites for hydroxylation is 2. The van der Waals surface area contributed by atoms with Crippen LogP contribution in [0, 0.1) is 12.7 Å². The van der Waals surface area contributed by atoms with E-state index in [1.807, 2.05) is 13.0 Å². The number of hydrogen-bond donors (Lipinski definition) is 2. The highest BCUT2D eigenvalue weighted by Gasteiger charge is 2.16. The van der Waals surface area contributed by atoms with Crippen molar-refractivity contribution >= 4 is 16.7 Å². The molecule has 0 atom stereocenters. The third-order valence-electron chi connectivity index (χ3n) is 4.38. The van der Waals surface area contributed by atoms with Gasteiger partial charge in [-0.1, -0.05) is 0 Å². The first kappa shape index (κ1) is 14.2. The lowest BCUT2D eigenvalue weighted by Crippen LogP contribution is -2.13. The van der Waals surface area contributed by atoms with E-state index in [-0.39, 0.29) is 5.82 Å². The van der Waals surface area contributed by atoms with Gasteiger partial charge in [-0.05, 0) is 56.9 Å². The zero-order valence-corrected chi connectivity index (χ0v) is 13.1. The van der Waals surface area contributed by atoms with E-state index in [1.54, 1.807) is 12.1 Å². The summed E-state index contributed by atoms with van der Waals surface area (Å²) in [6.07, 6.45) is 4.48. The smallest absolute Gasteiger partial charge is 0.133 e. The number of H-pyrrole nitrogens is 1. The standard InChI is InChI=1S/C18H19FN4/c1-11-21-17-5-3-2-4-15(17)18(22-11)20-10-14-9-12-8-13(19)6-7-16(12)23-14/h6-9,23H,2-5,10H2,1H3,(H,20,21,22). The first-order valence-electron chi connectivity index (χ1n) is 8.06. The number of hydrogen-bond acceptors (Lipinski definition) is 3. The second kappa shape index (κ2) is 5.65. The molecule has 0 spiro atoms. The zero-order valence-electron chi connectivity index (χ0n) is 13.1. The van der Waals surface area contributed by atoms with Gasteiger partial charge >= 0.3 is 0 Å². The largest absolute Gasteiger partial charge is 0.364 e. The number of benzene rings is 1. The summed E-state index contributed by atoms with van der Waals surface area (Å²) in [5.74, 6) is 1.54. The third-order valence-corrected chi connectivity index (χ3v) is 4.38. The van der Waals surface area contributed by atoms with E-state index in [2.05, 4.69) is 20.3 Å². The van der Waals surface area contributed by atoms with Crippen LogP contribution in [-0.2, 0) is 19.4 Å². The van der Waals surface area contributed by atoms with E-state index < -0.39 is 0 Å². The summed E-state index contributed by atoms with van der Waals surface area (Å²) in [6, 6.07) is 6.77. The van der Waals surface area contributed by atoms with E-state index in [4.69, 9.17) is 0 Å². The molecule has 0 amide bonds. The fourth-order valence-corrected chi connectivity index (χ4v) is 3.30. The Balaban J connectivity index is 1.59. The zero-order chi connectivity index (χ0) is 15.8. The SMILES string of the molecule is Cc1nc2c(c(NCc3cc4cc(F)ccc4[nH]3)n1)CCCC2. The second-order valence-electron chi connectivity index (χ2n) is 6.13. The van der Waals surface area contributed by atoms with Gasteiger partial charge in [0.25, 0.3) is 0 Å². The Hall–Kier alpha value is -2.43. The molecule has 0 fully saturated rings. The molecule has 0 radical (unpaired) electrons. The maximum Gasteiger partial charge on any atom is 0.133 e. The summed E-state index contributed by atoms with van der Waals surface area (Å²) < 4.78 is 13.3. The van der Waals surface area contributed by atoms with Gasteiger partial charge in [0.15, 0.2) is 0 Å². The summed E-state index contributed by atoms with van der Waals surface area (Å²) in [5.41, 5.74) is 4.41. The van der Waals surface area contributed by atoms with Crippen molar-refractivity contribution < 1.29 is 4.39 Å². The number of aromatic amines is 1. The molecule has 2 aromatic heterocycles. The predicted octanol–water partition coefficient (Wildman–Crippen LogP) is 3.90. The minimum absolute atomic E-state index is 0.212. The average molecular weight is 310 g/mol. The van der Waals surface area contributed by atoms with Crippen LogP contribution >= 0.6 is 0 Å². The number of nitrogens with one attached hydrogen (secondary N) is 2. The molecule has 1 aromatic carbocycles. The minimum atomic E-state index is -0.212. The minimum Gasteiger partial charge on any atom is -0.364 e. The summed E-state index contributed by atoms with van der Waals surface area (Å²) in [7, 11) is 0. The normalized spacial score (nSPS) is 14.0. The van der Waals surface area contributed by atoms with Gasteiger partial charge in [0.05, 0.1) is 6.54 Å². The highest BCUT2D eigenvalue weighted by Crippen LogP contribution is 2.26. The van der Waals surface area contributed by atoms with Crippen LogP contribution in [0.25, 0.3) is 10.9 Å². The maximum absolute atomic E-state index is 13.3. The van der Waals surface area contributed by atoms with Crippen molar-refractivity contribution in [1.29, 1.82) is 0 Å². The summed E-state index contributed by atoms with van der Waals surface area (Å²) in [6.45, 7) is 2.57. The molecular weight excluding hydrogens is 291 g/mol. The quantitative estimate of drug-likeness (QED) is 0.771. The van der Waals surface area contributed by atoms with Crippen LogP contribution in [0.15, 0.2) is 24.3 Å². The molecule has 3 aromatic rings. The average Bonchev–Trinajstić information content (AvgIpc) is 2.94. The van der Waals surface area contributed by atoms with E-state index in [1.165, 1.54) is 30.2 Å². The molecule has 0 aliphatic heterocycles. The number of anilines is 1. The highest BCUT2D eigenvalue weighted by atomic mass is 19.1. The van der Waals surface area contributed by atoms with Crippen molar-refractivity contribution in [3.8, 4) is 0 Å². The second-order valence-corrected chi connectivity index (χ2v) is 6.13. The number of halogens is 1. The lowest BCUT2D eigenvalue weighted by atomic mass is 9.96. The lowest BCUT2D eigenvalue weighted by Gasteiger charge is -2.19.